The fraction of sp³-hybridized carbons (Fsp3) is 0.385. The van der Waals surface area contributed by atoms with Crippen LogP contribution in [0.3, 0.4) is 0 Å². The summed E-state index contributed by atoms with van der Waals surface area (Å²) in [6, 6.07) is 12.7. The Balaban J connectivity index is 1.19. The molecular weight excluding hydrogens is 464 g/mol. The highest BCUT2D eigenvalue weighted by Gasteiger charge is 2.33. The van der Waals surface area contributed by atoms with Crippen LogP contribution in [-0.2, 0) is 9.59 Å². The van der Waals surface area contributed by atoms with Gasteiger partial charge in [-0.2, -0.15) is 4.99 Å². The highest BCUT2D eigenvalue weighted by Crippen LogP contribution is 2.29. The first-order chi connectivity index (χ1) is 16.9. The van der Waals surface area contributed by atoms with Gasteiger partial charge in [-0.1, -0.05) is 17.8 Å². The number of nitrogens with zero attached hydrogens (tertiary/aromatic N) is 2. The Morgan fingerprint density at radius 2 is 1.77 bits per heavy atom. The molecule has 2 aliphatic heterocycles. The average molecular weight is 495 g/mol. The Morgan fingerprint density at radius 3 is 2.46 bits per heavy atom. The number of carbonyl (C=O) groups is 3. The molecule has 0 saturated carbocycles. The predicted octanol–water partition coefficient (Wildman–Crippen LogP) is 3.53. The van der Waals surface area contributed by atoms with E-state index in [9.17, 15) is 14.4 Å². The van der Waals surface area contributed by atoms with Crippen LogP contribution >= 0.6 is 11.8 Å². The van der Waals surface area contributed by atoms with Gasteiger partial charge in [0.15, 0.2) is 5.17 Å². The number of nitrogens with one attached hydrogen (secondary N) is 2. The number of thioether (sulfide) groups is 1. The van der Waals surface area contributed by atoms with Gasteiger partial charge in [0.2, 0.25) is 5.91 Å². The highest BCUT2D eigenvalue weighted by atomic mass is 32.2. The predicted molar refractivity (Wildman–Crippen MR) is 138 cm³/mol. The van der Waals surface area contributed by atoms with E-state index in [2.05, 4.69) is 26.6 Å². The molecule has 4 rings (SSSR count). The summed E-state index contributed by atoms with van der Waals surface area (Å²) in [7, 11) is 0. The fourth-order valence-electron chi connectivity index (χ4n) is 4.09. The number of amidine groups is 1. The third kappa shape index (κ3) is 6.85. The van der Waals surface area contributed by atoms with Crippen molar-refractivity contribution in [1.29, 1.82) is 0 Å². The van der Waals surface area contributed by atoms with E-state index in [0.717, 1.165) is 48.0 Å². The number of anilines is 1. The molecule has 2 aromatic rings. The number of hydrogen-bond acceptors (Lipinski definition) is 6. The number of carbonyl (C=O) groups excluding carboxylic acids is 3. The van der Waals surface area contributed by atoms with Gasteiger partial charge in [0.05, 0.1) is 6.54 Å². The first kappa shape index (κ1) is 24.8. The summed E-state index contributed by atoms with van der Waals surface area (Å²) >= 11 is 1.37. The zero-order valence-corrected chi connectivity index (χ0v) is 20.8. The minimum atomic E-state index is -0.485. The average Bonchev–Trinajstić information content (AvgIpc) is 3.47. The van der Waals surface area contributed by atoms with Crippen LogP contribution in [0.25, 0.3) is 0 Å². The summed E-state index contributed by atoms with van der Waals surface area (Å²) in [6.45, 7) is 6.60. The molecule has 184 valence electrons. The van der Waals surface area contributed by atoms with E-state index < -0.39 is 5.25 Å². The van der Waals surface area contributed by atoms with E-state index in [-0.39, 0.29) is 24.1 Å². The SMILES string of the molecule is Cc1cc(C)cc(OCCNC(=O)c2ccc(NC(=O)CC3SC(N4CCCC4)=NC3=O)cc2)c1. The van der Waals surface area contributed by atoms with Crippen molar-refractivity contribution in [2.45, 2.75) is 38.4 Å². The van der Waals surface area contributed by atoms with Crippen molar-refractivity contribution in [3.8, 4) is 5.75 Å². The Labute approximate surface area is 209 Å². The smallest absolute Gasteiger partial charge is 0.262 e. The van der Waals surface area contributed by atoms with E-state index in [1.165, 1.54) is 11.8 Å². The normalized spacial score (nSPS) is 17.3. The zero-order valence-electron chi connectivity index (χ0n) is 20.0. The van der Waals surface area contributed by atoms with E-state index >= 15 is 0 Å². The monoisotopic (exact) mass is 494 g/mol. The molecule has 2 N–H and O–H groups in total. The van der Waals surface area contributed by atoms with Gasteiger partial charge in [0.25, 0.3) is 11.8 Å². The van der Waals surface area contributed by atoms with Crippen LogP contribution in [0.1, 0.15) is 40.7 Å². The molecule has 1 unspecified atom stereocenters. The van der Waals surface area contributed by atoms with Gasteiger partial charge in [-0.25, -0.2) is 0 Å². The van der Waals surface area contributed by atoms with Gasteiger partial charge in [0.1, 0.15) is 17.6 Å². The number of aryl methyl sites for hydroxylation is 2. The van der Waals surface area contributed by atoms with Crippen molar-refractivity contribution in [2.75, 3.05) is 31.6 Å². The Bertz CT molecular complexity index is 1110. The first-order valence-corrected chi connectivity index (χ1v) is 12.7. The quantitative estimate of drug-likeness (QED) is 0.545. The topological polar surface area (TPSA) is 100 Å². The molecule has 0 spiro atoms. The Kier molecular flexibility index (Phi) is 8.07. The van der Waals surface area contributed by atoms with Gasteiger partial charge in [-0.3, -0.25) is 14.4 Å². The van der Waals surface area contributed by atoms with Gasteiger partial charge in [-0.15, -0.1) is 0 Å². The van der Waals surface area contributed by atoms with Gasteiger partial charge in [-0.05, 0) is 74.2 Å². The van der Waals surface area contributed by atoms with Crippen LogP contribution in [0, 0.1) is 13.8 Å². The van der Waals surface area contributed by atoms with Gasteiger partial charge in [0, 0.05) is 30.8 Å². The molecule has 0 bridgehead atoms. The van der Waals surface area contributed by atoms with Crippen LogP contribution in [0.4, 0.5) is 5.69 Å². The lowest BCUT2D eigenvalue weighted by atomic mass is 10.1. The molecule has 2 heterocycles. The third-order valence-electron chi connectivity index (χ3n) is 5.76. The van der Waals surface area contributed by atoms with Gasteiger partial charge < -0.3 is 20.3 Å². The van der Waals surface area contributed by atoms with Gasteiger partial charge >= 0.3 is 0 Å². The number of benzene rings is 2. The summed E-state index contributed by atoms with van der Waals surface area (Å²) in [5.74, 6) is 0.0647. The summed E-state index contributed by atoms with van der Waals surface area (Å²) in [4.78, 5) is 43.3. The molecule has 1 fully saturated rings. The van der Waals surface area contributed by atoms with Crippen molar-refractivity contribution in [3.05, 3.63) is 59.2 Å². The molecule has 1 atom stereocenters. The molecular formula is C26H30N4O4S. The first-order valence-electron chi connectivity index (χ1n) is 11.8. The second kappa shape index (κ2) is 11.4. The van der Waals surface area contributed by atoms with Crippen molar-refractivity contribution in [2.24, 2.45) is 4.99 Å². The van der Waals surface area contributed by atoms with Crippen molar-refractivity contribution in [3.63, 3.8) is 0 Å². The third-order valence-corrected chi connectivity index (χ3v) is 6.97. The minimum absolute atomic E-state index is 0.0625. The maximum Gasteiger partial charge on any atom is 0.262 e. The van der Waals surface area contributed by atoms with Crippen LogP contribution in [0.15, 0.2) is 47.5 Å². The zero-order chi connectivity index (χ0) is 24.8. The molecule has 0 radical (unpaired) electrons. The lowest BCUT2D eigenvalue weighted by molar-refractivity contribution is -0.121. The second-order valence-electron chi connectivity index (χ2n) is 8.79. The summed E-state index contributed by atoms with van der Waals surface area (Å²) < 4.78 is 5.72. The summed E-state index contributed by atoms with van der Waals surface area (Å²) in [5.41, 5.74) is 3.32. The number of hydrogen-bond donors (Lipinski definition) is 2. The minimum Gasteiger partial charge on any atom is -0.492 e. The Morgan fingerprint density at radius 1 is 1.09 bits per heavy atom. The van der Waals surface area contributed by atoms with E-state index in [4.69, 9.17) is 4.74 Å². The molecule has 35 heavy (non-hydrogen) atoms. The van der Waals surface area contributed by atoms with Crippen molar-refractivity contribution in [1.82, 2.24) is 10.2 Å². The fourth-order valence-corrected chi connectivity index (χ4v) is 5.21. The number of likely N-dealkylation sites (tertiary alicyclic amines) is 1. The van der Waals surface area contributed by atoms with Crippen LogP contribution in [0.5, 0.6) is 5.75 Å². The number of amides is 3. The van der Waals surface area contributed by atoms with Crippen molar-refractivity contribution >= 4 is 40.3 Å². The summed E-state index contributed by atoms with van der Waals surface area (Å²) in [6.07, 6.45) is 2.27. The van der Waals surface area contributed by atoms with E-state index in [1.54, 1.807) is 24.3 Å². The molecule has 1 saturated heterocycles. The molecule has 3 amide bonds. The van der Waals surface area contributed by atoms with Crippen molar-refractivity contribution < 1.29 is 19.1 Å². The largest absolute Gasteiger partial charge is 0.492 e. The lowest BCUT2D eigenvalue weighted by Crippen LogP contribution is -2.28. The molecule has 0 aliphatic carbocycles. The summed E-state index contributed by atoms with van der Waals surface area (Å²) in [5, 5.41) is 5.88. The van der Waals surface area contributed by atoms with Crippen LogP contribution in [0.2, 0.25) is 0 Å². The standard InChI is InChI=1S/C26H30N4O4S/c1-17-13-18(2)15-21(14-17)34-12-9-27-24(32)19-5-7-20(8-6-19)28-23(31)16-22-25(33)29-26(35-22)30-10-3-4-11-30/h5-8,13-15,22H,3-4,9-12,16H2,1-2H3,(H,27,32)(H,28,31). The molecule has 0 aromatic heterocycles. The number of rotatable bonds is 8. The lowest BCUT2D eigenvalue weighted by Gasteiger charge is -2.16. The molecule has 2 aromatic carbocycles. The van der Waals surface area contributed by atoms with Crippen LogP contribution < -0.4 is 15.4 Å². The molecule has 2 aliphatic rings. The highest BCUT2D eigenvalue weighted by molar-refractivity contribution is 8.15. The molecule has 8 nitrogen and oxygen atoms in total. The number of aliphatic imine (C=N–C) groups is 1. The van der Waals surface area contributed by atoms with E-state index in [0.29, 0.717) is 24.4 Å². The second-order valence-corrected chi connectivity index (χ2v) is 9.96. The van der Waals surface area contributed by atoms with Crippen LogP contribution in [-0.4, -0.2) is 59.3 Å². The van der Waals surface area contributed by atoms with E-state index in [1.807, 2.05) is 26.0 Å². The maximum atomic E-state index is 12.5. The molecule has 9 heteroatoms. The Hall–Kier alpha value is -3.33. The number of ether oxygens (including phenoxy) is 1. The maximum absolute atomic E-state index is 12.5.